The van der Waals surface area contributed by atoms with Gasteiger partial charge in [0.2, 0.25) is 5.91 Å². The molecule has 0 saturated carbocycles. The van der Waals surface area contributed by atoms with Crippen LogP contribution in [0.1, 0.15) is 6.42 Å². The number of hydrazine groups is 1. The first kappa shape index (κ1) is 7.91. The molecule has 1 amide bonds. The Morgan fingerprint density at radius 1 is 1.31 bits per heavy atom. The molecule has 1 fully saturated rings. The zero-order chi connectivity index (χ0) is 9.26. The van der Waals surface area contributed by atoms with E-state index in [-0.39, 0.29) is 5.91 Å². The maximum absolute atomic E-state index is 10.9. The number of nitrogens with two attached hydrogens (primary N) is 1. The summed E-state index contributed by atoms with van der Waals surface area (Å²) >= 11 is 0. The fourth-order valence-corrected chi connectivity index (χ4v) is 1.32. The quantitative estimate of drug-likeness (QED) is 0.614. The van der Waals surface area contributed by atoms with Crippen molar-refractivity contribution in [2.24, 2.45) is 0 Å². The molecule has 1 aromatic rings. The van der Waals surface area contributed by atoms with Crippen LogP contribution >= 0.6 is 0 Å². The topological polar surface area (TPSA) is 58.4 Å². The number of nitrogens with zero attached hydrogens (tertiary/aromatic N) is 1. The number of amides is 1. The molecular formula is C9H11N3O. The lowest BCUT2D eigenvalue weighted by Crippen LogP contribution is -2.32. The van der Waals surface area contributed by atoms with Gasteiger partial charge in [-0.3, -0.25) is 15.2 Å². The molecule has 1 aromatic carbocycles. The van der Waals surface area contributed by atoms with Crippen molar-refractivity contribution in [3.8, 4) is 0 Å². The van der Waals surface area contributed by atoms with Crippen LogP contribution in [0.2, 0.25) is 0 Å². The highest BCUT2D eigenvalue weighted by atomic mass is 16.2. The second-order valence-electron chi connectivity index (χ2n) is 3.03. The highest BCUT2D eigenvalue weighted by Gasteiger charge is 2.17. The predicted octanol–water partition coefficient (Wildman–Crippen LogP) is 0.510. The van der Waals surface area contributed by atoms with Gasteiger partial charge in [0.15, 0.2) is 0 Å². The van der Waals surface area contributed by atoms with E-state index < -0.39 is 0 Å². The molecule has 0 atom stereocenters. The molecule has 68 valence electrons. The monoisotopic (exact) mass is 177 g/mol. The molecule has 4 nitrogen and oxygen atoms in total. The first-order chi connectivity index (χ1) is 6.25. The molecule has 1 aliphatic rings. The summed E-state index contributed by atoms with van der Waals surface area (Å²) in [5.41, 5.74) is 9.99. The van der Waals surface area contributed by atoms with Crippen LogP contribution in [0.3, 0.4) is 0 Å². The van der Waals surface area contributed by atoms with E-state index in [1.165, 1.54) is 0 Å². The smallest absolute Gasteiger partial charge is 0.240 e. The van der Waals surface area contributed by atoms with Crippen molar-refractivity contribution >= 4 is 17.3 Å². The number of hydrogen-bond acceptors (Lipinski definition) is 3. The maximum atomic E-state index is 10.9. The first-order valence-corrected chi connectivity index (χ1v) is 4.18. The predicted molar refractivity (Wildman–Crippen MR) is 51.0 cm³/mol. The standard InChI is InChI=1S/C9H11N3O/c10-7-1-3-8(4-2-7)12-6-5-9(13)11-12/h1-4H,5-6,10H2,(H,11,13). The van der Waals surface area contributed by atoms with Crippen LogP contribution in [0, 0.1) is 0 Å². The van der Waals surface area contributed by atoms with E-state index in [0.717, 1.165) is 17.9 Å². The van der Waals surface area contributed by atoms with E-state index >= 15 is 0 Å². The Hall–Kier alpha value is -1.71. The van der Waals surface area contributed by atoms with E-state index in [2.05, 4.69) is 5.43 Å². The molecule has 13 heavy (non-hydrogen) atoms. The fraction of sp³-hybridized carbons (Fsp3) is 0.222. The molecule has 2 rings (SSSR count). The zero-order valence-corrected chi connectivity index (χ0v) is 7.16. The molecule has 1 saturated heterocycles. The van der Waals surface area contributed by atoms with Gasteiger partial charge in [0.25, 0.3) is 0 Å². The third kappa shape index (κ3) is 1.56. The van der Waals surface area contributed by atoms with Gasteiger partial charge in [-0.1, -0.05) is 0 Å². The zero-order valence-electron chi connectivity index (χ0n) is 7.16. The lowest BCUT2D eigenvalue weighted by atomic mass is 10.3. The minimum Gasteiger partial charge on any atom is -0.399 e. The van der Waals surface area contributed by atoms with Crippen molar-refractivity contribution in [1.82, 2.24) is 5.43 Å². The van der Waals surface area contributed by atoms with E-state index in [9.17, 15) is 4.79 Å². The molecule has 0 radical (unpaired) electrons. The summed E-state index contributed by atoms with van der Waals surface area (Å²) in [6.07, 6.45) is 0.560. The van der Waals surface area contributed by atoms with Gasteiger partial charge in [-0.15, -0.1) is 0 Å². The van der Waals surface area contributed by atoms with Gasteiger partial charge in [0.1, 0.15) is 0 Å². The summed E-state index contributed by atoms with van der Waals surface area (Å²) in [6, 6.07) is 7.42. The highest BCUT2D eigenvalue weighted by molar-refractivity contribution is 5.81. The summed E-state index contributed by atoms with van der Waals surface area (Å²) in [5, 5.41) is 1.82. The Kier molecular flexibility index (Phi) is 1.81. The van der Waals surface area contributed by atoms with Crippen molar-refractivity contribution in [3.05, 3.63) is 24.3 Å². The Labute approximate surface area is 76.3 Å². The van der Waals surface area contributed by atoms with Crippen LogP contribution in [-0.2, 0) is 4.79 Å². The highest BCUT2D eigenvalue weighted by Crippen LogP contribution is 2.16. The number of nitrogens with one attached hydrogen (secondary N) is 1. The average molecular weight is 177 g/mol. The summed E-state index contributed by atoms with van der Waals surface area (Å²) in [5.74, 6) is 0.0665. The third-order valence-electron chi connectivity index (χ3n) is 2.03. The lowest BCUT2D eigenvalue weighted by Gasteiger charge is -2.16. The average Bonchev–Trinajstić information content (AvgIpc) is 2.53. The molecule has 0 aliphatic carbocycles. The number of carbonyl (C=O) groups excluding carboxylic acids is 1. The first-order valence-electron chi connectivity index (χ1n) is 4.18. The summed E-state index contributed by atoms with van der Waals surface area (Å²) in [6.45, 7) is 0.725. The number of carbonyl (C=O) groups is 1. The Bertz CT molecular complexity index is 320. The maximum Gasteiger partial charge on any atom is 0.240 e. The summed E-state index contributed by atoms with van der Waals surface area (Å²) in [4.78, 5) is 10.9. The normalized spacial score (nSPS) is 16.0. The number of benzene rings is 1. The fourth-order valence-electron chi connectivity index (χ4n) is 1.32. The van der Waals surface area contributed by atoms with Crippen molar-refractivity contribution in [1.29, 1.82) is 0 Å². The Morgan fingerprint density at radius 2 is 2.00 bits per heavy atom. The van der Waals surface area contributed by atoms with Crippen molar-refractivity contribution in [2.75, 3.05) is 17.3 Å². The molecule has 0 bridgehead atoms. The van der Waals surface area contributed by atoms with E-state index in [4.69, 9.17) is 5.73 Å². The second kappa shape index (κ2) is 2.97. The number of anilines is 2. The van der Waals surface area contributed by atoms with Crippen LogP contribution < -0.4 is 16.2 Å². The summed E-state index contributed by atoms with van der Waals surface area (Å²) in [7, 11) is 0. The van der Waals surface area contributed by atoms with Crippen LogP contribution in [0.15, 0.2) is 24.3 Å². The van der Waals surface area contributed by atoms with Crippen LogP contribution in [-0.4, -0.2) is 12.5 Å². The van der Waals surface area contributed by atoms with Crippen molar-refractivity contribution in [3.63, 3.8) is 0 Å². The van der Waals surface area contributed by atoms with Gasteiger partial charge in [-0.2, -0.15) is 0 Å². The molecule has 0 unspecified atom stereocenters. The van der Waals surface area contributed by atoms with Gasteiger partial charge < -0.3 is 5.73 Å². The molecule has 3 N–H and O–H groups in total. The third-order valence-corrected chi connectivity index (χ3v) is 2.03. The minimum absolute atomic E-state index is 0.0665. The molecule has 1 aliphatic heterocycles. The van der Waals surface area contributed by atoms with Crippen LogP contribution in [0.4, 0.5) is 11.4 Å². The van der Waals surface area contributed by atoms with Gasteiger partial charge in [-0.25, -0.2) is 0 Å². The lowest BCUT2D eigenvalue weighted by molar-refractivity contribution is -0.119. The van der Waals surface area contributed by atoms with Gasteiger partial charge in [0.05, 0.1) is 5.69 Å². The molecule has 0 aromatic heterocycles. The van der Waals surface area contributed by atoms with Gasteiger partial charge in [0, 0.05) is 18.7 Å². The van der Waals surface area contributed by atoms with Crippen LogP contribution in [0.5, 0.6) is 0 Å². The minimum atomic E-state index is 0.0665. The molecule has 0 spiro atoms. The van der Waals surface area contributed by atoms with Crippen molar-refractivity contribution in [2.45, 2.75) is 6.42 Å². The van der Waals surface area contributed by atoms with Crippen LogP contribution in [0.25, 0.3) is 0 Å². The van der Waals surface area contributed by atoms with E-state index in [1.54, 1.807) is 0 Å². The Morgan fingerprint density at radius 3 is 2.54 bits per heavy atom. The molecular weight excluding hydrogens is 166 g/mol. The molecule has 4 heteroatoms. The number of nitrogen functional groups attached to an aromatic ring is 1. The SMILES string of the molecule is Nc1ccc(N2CCC(=O)N2)cc1. The summed E-state index contributed by atoms with van der Waals surface area (Å²) < 4.78 is 0. The van der Waals surface area contributed by atoms with Crippen molar-refractivity contribution < 1.29 is 4.79 Å². The van der Waals surface area contributed by atoms with Gasteiger partial charge >= 0.3 is 0 Å². The van der Waals surface area contributed by atoms with Gasteiger partial charge in [-0.05, 0) is 24.3 Å². The largest absolute Gasteiger partial charge is 0.399 e. The number of rotatable bonds is 1. The van der Waals surface area contributed by atoms with E-state index in [1.807, 2.05) is 29.3 Å². The second-order valence-corrected chi connectivity index (χ2v) is 3.03. The van der Waals surface area contributed by atoms with E-state index in [0.29, 0.717) is 6.42 Å². The number of hydrogen-bond donors (Lipinski definition) is 2. The Balaban J connectivity index is 2.17. The molecule has 1 heterocycles.